The van der Waals surface area contributed by atoms with Crippen LogP contribution >= 0.6 is 0 Å². The quantitative estimate of drug-likeness (QED) is 0.494. The first-order valence-corrected chi connectivity index (χ1v) is 10.2. The molecule has 0 heterocycles. The molecule has 3 rings (SSSR count). The molecule has 0 fully saturated rings. The van der Waals surface area contributed by atoms with Gasteiger partial charge in [-0.05, 0) is 0 Å². The molecule has 0 atom stereocenters. The van der Waals surface area contributed by atoms with Gasteiger partial charge in [0, 0.05) is 0 Å². The molecular formula is C18H18Sb2. The van der Waals surface area contributed by atoms with E-state index in [4.69, 9.17) is 0 Å². The molecular weight excluding hydrogens is 460 g/mol. The average molecular weight is 478 g/mol. The second-order valence-electron chi connectivity index (χ2n) is 4.34. The van der Waals surface area contributed by atoms with Gasteiger partial charge in [0.25, 0.3) is 0 Å². The van der Waals surface area contributed by atoms with Gasteiger partial charge in [0.2, 0.25) is 0 Å². The van der Waals surface area contributed by atoms with E-state index in [2.05, 4.69) is 91.0 Å². The van der Waals surface area contributed by atoms with Crippen LogP contribution in [0.25, 0.3) is 0 Å². The summed E-state index contributed by atoms with van der Waals surface area (Å²) in [5, 5.41) is 0. The molecule has 0 spiro atoms. The predicted molar refractivity (Wildman–Crippen MR) is 93.9 cm³/mol. The van der Waals surface area contributed by atoms with Gasteiger partial charge in [0.15, 0.2) is 0 Å². The van der Waals surface area contributed by atoms with Crippen molar-refractivity contribution in [2.24, 2.45) is 0 Å². The van der Waals surface area contributed by atoms with Gasteiger partial charge in [-0.15, -0.1) is 0 Å². The summed E-state index contributed by atoms with van der Waals surface area (Å²) in [6.07, 6.45) is 0. The number of rotatable bonds is 3. The van der Waals surface area contributed by atoms with E-state index in [-0.39, 0.29) is 24.4 Å². The van der Waals surface area contributed by atoms with Crippen molar-refractivity contribution in [3.05, 3.63) is 91.0 Å². The van der Waals surface area contributed by atoms with Crippen LogP contribution in [0.2, 0.25) is 0 Å². The standard InChI is InChI=1S/3C6H5.2Sb.3H/c3*1-2-4-6-5-3-1;;;;;/h3*1-5H;;;;;. The first kappa shape index (κ1) is 15.7. The maximum absolute atomic E-state index is 2.28. The maximum atomic E-state index is 2.28. The first-order chi connectivity index (χ1) is 9.45. The third kappa shape index (κ3) is 3.69. The molecule has 0 aromatic heterocycles. The minimum absolute atomic E-state index is 0. The van der Waals surface area contributed by atoms with Crippen molar-refractivity contribution in [1.82, 2.24) is 0 Å². The van der Waals surface area contributed by atoms with Gasteiger partial charge >= 0.3 is 146 Å². The van der Waals surface area contributed by atoms with E-state index < -0.39 is 20.2 Å². The van der Waals surface area contributed by atoms with Crippen molar-refractivity contribution >= 4 is 55.2 Å². The molecule has 20 heavy (non-hydrogen) atoms. The zero-order valence-electron chi connectivity index (χ0n) is 11.3. The normalized spacial score (nSPS) is 10.1. The molecule has 3 aromatic carbocycles. The zero-order valence-corrected chi connectivity index (χ0v) is 17.9. The SMILES string of the molecule is [SbH3].c1cc[c]([Sb]([c]2ccccc2)[c]2ccccc2)cc1. The molecule has 0 unspecified atom stereocenters. The summed E-state index contributed by atoms with van der Waals surface area (Å²) in [5.74, 6) is 0. The van der Waals surface area contributed by atoms with E-state index in [0.29, 0.717) is 0 Å². The van der Waals surface area contributed by atoms with E-state index >= 15 is 0 Å². The zero-order chi connectivity index (χ0) is 12.9. The van der Waals surface area contributed by atoms with Crippen LogP contribution in [0.3, 0.4) is 0 Å². The van der Waals surface area contributed by atoms with Gasteiger partial charge in [-0.25, -0.2) is 0 Å². The Labute approximate surface area is 145 Å². The van der Waals surface area contributed by atoms with Crippen LogP contribution in [0.5, 0.6) is 0 Å². The van der Waals surface area contributed by atoms with Crippen LogP contribution in [-0.4, -0.2) is 44.6 Å². The second kappa shape index (κ2) is 7.92. The molecule has 3 aromatic rings. The van der Waals surface area contributed by atoms with Crippen LogP contribution in [0.15, 0.2) is 91.0 Å². The van der Waals surface area contributed by atoms with E-state index in [1.807, 2.05) is 0 Å². The van der Waals surface area contributed by atoms with Crippen molar-refractivity contribution < 1.29 is 0 Å². The fourth-order valence-electron chi connectivity index (χ4n) is 2.18. The molecule has 0 aliphatic carbocycles. The number of hydrogen-bond donors (Lipinski definition) is 0. The molecule has 0 amide bonds. The molecule has 2 heteroatoms. The third-order valence-corrected chi connectivity index (χ3v) is 10.0. The summed E-state index contributed by atoms with van der Waals surface area (Å²) in [6, 6.07) is 32.9. The monoisotopic (exact) mass is 476 g/mol. The van der Waals surface area contributed by atoms with Gasteiger partial charge in [-0.2, -0.15) is 0 Å². The van der Waals surface area contributed by atoms with Crippen molar-refractivity contribution in [3.63, 3.8) is 0 Å². The Kier molecular flexibility index (Phi) is 6.21. The van der Waals surface area contributed by atoms with Crippen LogP contribution in [0.1, 0.15) is 0 Å². The Hall–Kier alpha value is -0.704. The van der Waals surface area contributed by atoms with Crippen molar-refractivity contribution in [2.45, 2.75) is 0 Å². The van der Waals surface area contributed by atoms with Crippen LogP contribution in [-0.2, 0) is 0 Å². The van der Waals surface area contributed by atoms with Gasteiger partial charge in [0.05, 0.1) is 0 Å². The Morgan fingerprint density at radius 1 is 0.400 bits per heavy atom. The number of hydrogen-bond acceptors (Lipinski definition) is 0. The summed E-state index contributed by atoms with van der Waals surface area (Å²) in [5.41, 5.74) is 0. The molecule has 0 radical (unpaired) electrons. The van der Waals surface area contributed by atoms with Crippen LogP contribution in [0, 0.1) is 0 Å². The summed E-state index contributed by atoms with van der Waals surface area (Å²) < 4.78 is 4.55. The molecule has 0 N–H and O–H groups in total. The first-order valence-electron chi connectivity index (χ1n) is 6.40. The van der Waals surface area contributed by atoms with Crippen molar-refractivity contribution in [3.8, 4) is 0 Å². The predicted octanol–water partition coefficient (Wildman–Crippen LogP) is 1.02. The van der Waals surface area contributed by atoms with Crippen molar-refractivity contribution in [1.29, 1.82) is 0 Å². The second-order valence-corrected chi connectivity index (χ2v) is 10.7. The Bertz CT molecular complexity index is 527. The summed E-state index contributed by atoms with van der Waals surface area (Å²) in [7, 11) is 0. The molecule has 100 valence electrons. The average Bonchev–Trinajstić information content (AvgIpc) is 2.51. The van der Waals surface area contributed by atoms with Crippen LogP contribution in [0.4, 0.5) is 0 Å². The molecule has 0 saturated carbocycles. The third-order valence-electron chi connectivity index (χ3n) is 3.04. The van der Waals surface area contributed by atoms with Gasteiger partial charge in [-0.3, -0.25) is 0 Å². The topological polar surface area (TPSA) is 0 Å². The van der Waals surface area contributed by atoms with E-state index in [1.165, 1.54) is 10.5 Å². The fraction of sp³-hybridized carbons (Fsp3) is 0. The van der Waals surface area contributed by atoms with E-state index in [1.54, 1.807) is 0 Å². The van der Waals surface area contributed by atoms with Gasteiger partial charge in [0.1, 0.15) is 0 Å². The minimum atomic E-state index is -1.83. The summed E-state index contributed by atoms with van der Waals surface area (Å²) >= 11 is -1.83. The van der Waals surface area contributed by atoms with Crippen LogP contribution < -0.4 is 10.5 Å². The molecule has 0 bridgehead atoms. The van der Waals surface area contributed by atoms with E-state index in [9.17, 15) is 0 Å². The molecule has 0 nitrogen and oxygen atoms in total. The number of benzene rings is 3. The fourth-order valence-corrected chi connectivity index (χ4v) is 8.76. The van der Waals surface area contributed by atoms with Gasteiger partial charge in [-0.1, -0.05) is 0 Å². The summed E-state index contributed by atoms with van der Waals surface area (Å²) in [4.78, 5) is 0. The molecule has 0 saturated heterocycles. The van der Waals surface area contributed by atoms with E-state index in [0.717, 1.165) is 0 Å². The van der Waals surface area contributed by atoms with Crippen molar-refractivity contribution in [2.75, 3.05) is 0 Å². The Morgan fingerprint density at radius 3 is 0.900 bits per heavy atom. The summed E-state index contributed by atoms with van der Waals surface area (Å²) in [6.45, 7) is 0. The van der Waals surface area contributed by atoms with Gasteiger partial charge < -0.3 is 0 Å². The Balaban J connectivity index is 0.00000147. The molecule has 0 aliphatic rings. The molecule has 0 aliphatic heterocycles. The Morgan fingerprint density at radius 2 is 0.650 bits per heavy atom.